The zero-order chi connectivity index (χ0) is 21.5. The number of rotatable bonds is 7. The van der Waals surface area contributed by atoms with Crippen LogP contribution in [0.15, 0.2) is 4.99 Å². The number of hydrogen-bond acceptors (Lipinski definition) is 4. The van der Waals surface area contributed by atoms with Crippen molar-refractivity contribution in [3.63, 3.8) is 0 Å². The number of halogens is 3. The van der Waals surface area contributed by atoms with Gasteiger partial charge in [0.1, 0.15) is 0 Å². The van der Waals surface area contributed by atoms with Crippen LogP contribution in [0.25, 0.3) is 0 Å². The van der Waals surface area contributed by atoms with Gasteiger partial charge in [-0.05, 0) is 57.0 Å². The number of aliphatic imine (C=N–C) groups is 1. The second-order valence-corrected chi connectivity index (χ2v) is 10.1. The van der Waals surface area contributed by atoms with E-state index in [-0.39, 0.29) is 0 Å². The molecule has 0 unspecified atom stereocenters. The Kier molecular flexibility index (Phi) is 9.02. The van der Waals surface area contributed by atoms with Gasteiger partial charge in [-0.25, -0.2) is 12.7 Å². The van der Waals surface area contributed by atoms with Crippen molar-refractivity contribution in [3.8, 4) is 0 Å². The van der Waals surface area contributed by atoms with E-state index in [0.29, 0.717) is 44.0 Å². The fourth-order valence-corrected chi connectivity index (χ4v) is 4.86. The molecular formula is C18H34F3N5O2S. The highest BCUT2D eigenvalue weighted by Crippen LogP contribution is 2.24. The Balaban J connectivity index is 1.59. The third kappa shape index (κ3) is 9.08. The van der Waals surface area contributed by atoms with E-state index in [1.807, 2.05) is 0 Å². The number of hydrogen-bond donors (Lipinski definition) is 2. The monoisotopic (exact) mass is 441 g/mol. The van der Waals surface area contributed by atoms with Crippen LogP contribution in [-0.2, 0) is 10.0 Å². The molecule has 0 aromatic rings. The number of likely N-dealkylation sites (tertiary alicyclic amines) is 1. The lowest BCUT2D eigenvalue weighted by molar-refractivity contribution is -0.148. The average molecular weight is 442 g/mol. The molecule has 0 saturated carbocycles. The quantitative estimate of drug-likeness (QED) is 0.462. The molecule has 0 amide bonds. The number of guanidine groups is 1. The van der Waals surface area contributed by atoms with E-state index in [1.54, 1.807) is 7.05 Å². The predicted octanol–water partition coefficient (Wildman–Crippen LogP) is 1.49. The first kappa shape index (κ1) is 24.2. The summed E-state index contributed by atoms with van der Waals surface area (Å²) in [5.41, 5.74) is 0. The topological polar surface area (TPSA) is 77.0 Å². The number of sulfonamides is 1. The molecule has 29 heavy (non-hydrogen) atoms. The summed E-state index contributed by atoms with van der Waals surface area (Å²) in [5, 5.41) is 6.58. The molecule has 11 heteroatoms. The van der Waals surface area contributed by atoms with Gasteiger partial charge in [-0.15, -0.1) is 0 Å². The standard InChI is InChI=1S/C18H34F3N5O2S/c1-22-17(24-13-16-6-11-26(12-7-16)29(2,27)28)23-8-3-15-4-9-25(10-5-15)14-18(19,20)21/h15-16H,3-14H2,1-2H3,(H2,22,23,24). The van der Waals surface area contributed by atoms with Crippen molar-refractivity contribution in [3.05, 3.63) is 0 Å². The van der Waals surface area contributed by atoms with Crippen LogP contribution >= 0.6 is 0 Å². The molecule has 2 N–H and O–H groups in total. The predicted molar refractivity (Wildman–Crippen MR) is 108 cm³/mol. The van der Waals surface area contributed by atoms with Crippen LogP contribution in [0, 0.1) is 11.8 Å². The van der Waals surface area contributed by atoms with Crippen LogP contribution in [0.3, 0.4) is 0 Å². The highest BCUT2D eigenvalue weighted by atomic mass is 32.2. The highest BCUT2D eigenvalue weighted by Gasteiger charge is 2.32. The summed E-state index contributed by atoms with van der Waals surface area (Å²) >= 11 is 0. The third-order valence-corrected chi connectivity index (χ3v) is 7.08. The first-order chi connectivity index (χ1) is 13.6. The smallest absolute Gasteiger partial charge is 0.356 e. The fourth-order valence-electron chi connectivity index (χ4n) is 3.99. The van der Waals surface area contributed by atoms with Gasteiger partial charge in [-0.3, -0.25) is 9.89 Å². The lowest BCUT2D eigenvalue weighted by atomic mass is 9.93. The molecule has 170 valence electrons. The molecule has 0 spiro atoms. The van der Waals surface area contributed by atoms with Crippen LogP contribution in [0.4, 0.5) is 13.2 Å². The summed E-state index contributed by atoms with van der Waals surface area (Å²) in [6.45, 7) is 2.79. The Morgan fingerprint density at radius 1 is 1.03 bits per heavy atom. The molecule has 0 radical (unpaired) electrons. The van der Waals surface area contributed by atoms with Crippen LogP contribution in [-0.4, -0.2) is 88.9 Å². The van der Waals surface area contributed by atoms with E-state index in [2.05, 4.69) is 15.6 Å². The molecular weight excluding hydrogens is 407 g/mol. The Labute approximate surface area is 172 Å². The largest absolute Gasteiger partial charge is 0.401 e. The maximum absolute atomic E-state index is 12.4. The van der Waals surface area contributed by atoms with E-state index >= 15 is 0 Å². The SMILES string of the molecule is CN=C(NCCC1CCN(CC(F)(F)F)CC1)NCC1CCN(S(C)(=O)=O)CC1. The van der Waals surface area contributed by atoms with Crippen LogP contribution in [0.1, 0.15) is 32.1 Å². The molecule has 2 aliphatic heterocycles. The number of alkyl halides is 3. The molecule has 0 aliphatic carbocycles. The van der Waals surface area contributed by atoms with Crippen molar-refractivity contribution in [1.82, 2.24) is 19.8 Å². The molecule has 2 aliphatic rings. The molecule has 2 heterocycles. The summed E-state index contributed by atoms with van der Waals surface area (Å²) in [6.07, 6.45) is 1.28. The molecule has 0 aromatic carbocycles. The first-order valence-corrected chi connectivity index (χ1v) is 12.1. The number of nitrogens with zero attached hydrogens (tertiary/aromatic N) is 3. The number of piperidine rings is 2. The van der Waals surface area contributed by atoms with Gasteiger partial charge in [0.05, 0.1) is 12.8 Å². The fraction of sp³-hybridized carbons (Fsp3) is 0.944. The maximum atomic E-state index is 12.4. The molecule has 0 atom stereocenters. The van der Waals surface area contributed by atoms with Crippen molar-refractivity contribution in [2.75, 3.05) is 59.1 Å². The Morgan fingerprint density at radius 3 is 2.14 bits per heavy atom. The van der Waals surface area contributed by atoms with Gasteiger partial charge in [0.25, 0.3) is 0 Å². The van der Waals surface area contributed by atoms with Crippen molar-refractivity contribution in [2.24, 2.45) is 16.8 Å². The lowest BCUT2D eigenvalue weighted by Gasteiger charge is -2.32. The number of nitrogens with one attached hydrogen (secondary N) is 2. The molecule has 0 bridgehead atoms. The Morgan fingerprint density at radius 2 is 1.62 bits per heavy atom. The van der Waals surface area contributed by atoms with E-state index in [0.717, 1.165) is 45.2 Å². The molecule has 2 saturated heterocycles. The first-order valence-electron chi connectivity index (χ1n) is 10.3. The summed E-state index contributed by atoms with van der Waals surface area (Å²) in [5.74, 6) is 1.56. The summed E-state index contributed by atoms with van der Waals surface area (Å²) in [6, 6.07) is 0. The summed E-state index contributed by atoms with van der Waals surface area (Å²) in [4.78, 5) is 5.70. The third-order valence-electron chi connectivity index (χ3n) is 5.78. The Bertz CT molecular complexity index is 626. The van der Waals surface area contributed by atoms with Gasteiger partial charge in [0.15, 0.2) is 5.96 Å². The van der Waals surface area contributed by atoms with E-state index < -0.39 is 22.7 Å². The van der Waals surface area contributed by atoms with Gasteiger partial charge in [-0.1, -0.05) is 0 Å². The van der Waals surface area contributed by atoms with Gasteiger partial charge in [0.2, 0.25) is 10.0 Å². The normalized spacial score (nSPS) is 22.0. The minimum Gasteiger partial charge on any atom is -0.356 e. The van der Waals surface area contributed by atoms with Crippen molar-refractivity contribution in [1.29, 1.82) is 0 Å². The van der Waals surface area contributed by atoms with Crippen LogP contribution in [0.2, 0.25) is 0 Å². The Hall–Kier alpha value is -1.07. The van der Waals surface area contributed by atoms with E-state index in [1.165, 1.54) is 15.5 Å². The van der Waals surface area contributed by atoms with Crippen molar-refractivity contribution < 1.29 is 21.6 Å². The zero-order valence-electron chi connectivity index (χ0n) is 17.3. The second kappa shape index (κ2) is 10.8. The van der Waals surface area contributed by atoms with Gasteiger partial charge in [-0.2, -0.15) is 13.2 Å². The average Bonchev–Trinajstić information content (AvgIpc) is 2.64. The molecule has 2 rings (SSSR count). The van der Waals surface area contributed by atoms with E-state index in [4.69, 9.17) is 0 Å². The van der Waals surface area contributed by atoms with Gasteiger partial charge in [0, 0.05) is 33.2 Å². The van der Waals surface area contributed by atoms with Crippen molar-refractivity contribution >= 4 is 16.0 Å². The van der Waals surface area contributed by atoms with Gasteiger partial charge < -0.3 is 10.6 Å². The molecule has 0 aromatic heterocycles. The second-order valence-electron chi connectivity index (χ2n) is 8.11. The lowest BCUT2D eigenvalue weighted by Crippen LogP contribution is -2.44. The summed E-state index contributed by atoms with van der Waals surface area (Å²) < 4.78 is 62.0. The van der Waals surface area contributed by atoms with E-state index in [9.17, 15) is 21.6 Å². The van der Waals surface area contributed by atoms with Crippen molar-refractivity contribution in [2.45, 2.75) is 38.3 Å². The van der Waals surface area contributed by atoms with Gasteiger partial charge >= 0.3 is 6.18 Å². The van der Waals surface area contributed by atoms with Crippen LogP contribution in [0.5, 0.6) is 0 Å². The molecule has 7 nitrogen and oxygen atoms in total. The zero-order valence-corrected chi connectivity index (χ0v) is 18.2. The summed E-state index contributed by atoms with van der Waals surface area (Å²) in [7, 11) is -1.40. The molecule has 2 fully saturated rings. The highest BCUT2D eigenvalue weighted by molar-refractivity contribution is 7.88. The minimum absolute atomic E-state index is 0.407. The maximum Gasteiger partial charge on any atom is 0.401 e. The van der Waals surface area contributed by atoms with Crippen LogP contribution < -0.4 is 10.6 Å². The minimum atomic E-state index is -4.12.